The number of carbonyl (C=O) groups excluding carboxylic acids is 1. The molecule has 2 heterocycles. The molecule has 1 saturated heterocycles. The number of nitrogens with zero attached hydrogens (tertiary/aromatic N) is 2. The van der Waals surface area contributed by atoms with Crippen LogP contribution in [0, 0.1) is 6.92 Å². The van der Waals surface area contributed by atoms with Gasteiger partial charge in [0.15, 0.2) is 0 Å². The van der Waals surface area contributed by atoms with Crippen LogP contribution in [0.25, 0.3) is 10.9 Å². The van der Waals surface area contributed by atoms with Crippen LogP contribution in [0.1, 0.15) is 24.0 Å². The number of fused-ring (bicyclic) bond motifs is 1. The van der Waals surface area contributed by atoms with E-state index in [0.29, 0.717) is 12.6 Å². The van der Waals surface area contributed by atoms with Crippen molar-refractivity contribution in [2.24, 2.45) is 0 Å². The number of aliphatic hydroxyl groups excluding tert-OH is 1. The van der Waals surface area contributed by atoms with Gasteiger partial charge in [-0.3, -0.25) is 14.7 Å². The quantitative estimate of drug-likeness (QED) is 0.586. The molecule has 1 aromatic heterocycles. The third-order valence-electron chi connectivity index (χ3n) is 5.72. The summed E-state index contributed by atoms with van der Waals surface area (Å²) in [4.78, 5) is 19.0. The number of nitrogens with one attached hydrogen (secondary N) is 2. The fourth-order valence-electron chi connectivity index (χ4n) is 4.06. The highest BCUT2D eigenvalue weighted by molar-refractivity contribution is 5.94. The van der Waals surface area contributed by atoms with E-state index in [1.54, 1.807) is 6.20 Å². The van der Waals surface area contributed by atoms with E-state index < -0.39 is 0 Å². The molecule has 2 aromatic carbocycles. The van der Waals surface area contributed by atoms with Crippen LogP contribution in [0.3, 0.4) is 0 Å². The topological polar surface area (TPSA) is 77.5 Å². The van der Waals surface area contributed by atoms with E-state index in [2.05, 4.69) is 33.5 Å². The van der Waals surface area contributed by atoms with Gasteiger partial charge in [0.05, 0.1) is 18.7 Å². The highest BCUT2D eigenvalue weighted by Crippen LogP contribution is 2.24. The number of carbonyl (C=O) groups is 1. The van der Waals surface area contributed by atoms with Gasteiger partial charge in [-0.2, -0.15) is 0 Å². The number of rotatable bonds is 6. The van der Waals surface area contributed by atoms with Gasteiger partial charge in [0.25, 0.3) is 0 Å². The summed E-state index contributed by atoms with van der Waals surface area (Å²) < 4.78 is 0. The molecule has 6 heteroatoms. The molecule has 0 radical (unpaired) electrons. The molecule has 0 aliphatic carbocycles. The summed E-state index contributed by atoms with van der Waals surface area (Å²) in [6, 6.07) is 16.0. The first kappa shape index (κ1) is 20.3. The molecule has 0 unspecified atom stereocenters. The number of pyridine rings is 1. The number of aromatic nitrogens is 1. The lowest BCUT2D eigenvalue weighted by molar-refractivity contribution is -0.117. The van der Waals surface area contributed by atoms with Crippen LogP contribution in [0.2, 0.25) is 0 Å². The molecule has 6 nitrogen and oxygen atoms in total. The standard InChI is InChI=1S/C24H28N4O2/c1-17-4-2-5-19(16-29)24(17)27-20-9-12-28(13-10-20)15-23(30)26-21-7-8-22-18(14-21)6-3-11-25-22/h2-8,11,14,20,27,29H,9-10,12-13,15-16H2,1H3,(H,26,30). The highest BCUT2D eigenvalue weighted by atomic mass is 16.3. The number of aliphatic hydroxyl groups is 1. The minimum atomic E-state index is 0.00567. The molecular weight excluding hydrogens is 376 g/mol. The predicted octanol–water partition coefficient (Wildman–Crippen LogP) is 3.55. The van der Waals surface area contributed by atoms with Gasteiger partial charge in [0, 0.05) is 47.7 Å². The molecule has 4 rings (SSSR count). The second-order valence-corrected chi connectivity index (χ2v) is 7.92. The molecule has 1 aliphatic heterocycles. The van der Waals surface area contributed by atoms with Crippen molar-refractivity contribution >= 4 is 28.2 Å². The zero-order valence-electron chi connectivity index (χ0n) is 17.3. The molecule has 156 valence electrons. The summed E-state index contributed by atoms with van der Waals surface area (Å²) in [6.07, 6.45) is 3.70. The van der Waals surface area contributed by atoms with Crippen LogP contribution in [0.5, 0.6) is 0 Å². The second-order valence-electron chi connectivity index (χ2n) is 7.92. The summed E-state index contributed by atoms with van der Waals surface area (Å²) in [5.41, 5.74) is 4.84. The number of aryl methyl sites for hydroxylation is 1. The Bertz CT molecular complexity index is 1030. The lowest BCUT2D eigenvalue weighted by Gasteiger charge is -2.33. The zero-order valence-corrected chi connectivity index (χ0v) is 17.3. The molecule has 0 saturated carbocycles. The first-order valence-electron chi connectivity index (χ1n) is 10.5. The average Bonchev–Trinajstić information content (AvgIpc) is 2.76. The van der Waals surface area contributed by atoms with Crippen molar-refractivity contribution in [1.29, 1.82) is 0 Å². The fraction of sp³-hybridized carbons (Fsp3) is 0.333. The normalized spacial score (nSPS) is 15.3. The summed E-state index contributed by atoms with van der Waals surface area (Å²) in [7, 11) is 0. The van der Waals surface area contributed by atoms with Crippen molar-refractivity contribution in [2.45, 2.75) is 32.4 Å². The highest BCUT2D eigenvalue weighted by Gasteiger charge is 2.22. The number of piperidine rings is 1. The number of para-hydroxylation sites is 1. The van der Waals surface area contributed by atoms with Crippen LogP contribution < -0.4 is 10.6 Å². The van der Waals surface area contributed by atoms with Crippen molar-refractivity contribution in [3.05, 3.63) is 65.9 Å². The van der Waals surface area contributed by atoms with Crippen LogP contribution in [0.15, 0.2) is 54.7 Å². The number of benzene rings is 2. The maximum Gasteiger partial charge on any atom is 0.238 e. The minimum absolute atomic E-state index is 0.00567. The Morgan fingerprint density at radius 3 is 2.80 bits per heavy atom. The molecule has 1 amide bonds. The Morgan fingerprint density at radius 2 is 2.00 bits per heavy atom. The van der Waals surface area contributed by atoms with Crippen molar-refractivity contribution in [3.8, 4) is 0 Å². The molecule has 30 heavy (non-hydrogen) atoms. The van der Waals surface area contributed by atoms with Crippen molar-refractivity contribution in [3.63, 3.8) is 0 Å². The van der Waals surface area contributed by atoms with Crippen molar-refractivity contribution in [2.75, 3.05) is 30.3 Å². The summed E-state index contributed by atoms with van der Waals surface area (Å²) in [5, 5.41) is 17.2. The van der Waals surface area contributed by atoms with Crippen LogP contribution in [-0.2, 0) is 11.4 Å². The van der Waals surface area contributed by atoms with E-state index in [9.17, 15) is 9.90 Å². The molecule has 0 spiro atoms. The predicted molar refractivity (Wildman–Crippen MR) is 121 cm³/mol. The van der Waals surface area contributed by atoms with E-state index in [4.69, 9.17) is 0 Å². The number of hydrogen-bond donors (Lipinski definition) is 3. The van der Waals surface area contributed by atoms with Gasteiger partial charge in [0.1, 0.15) is 0 Å². The Hall–Kier alpha value is -2.96. The van der Waals surface area contributed by atoms with Gasteiger partial charge in [-0.05, 0) is 49.6 Å². The van der Waals surface area contributed by atoms with Crippen molar-refractivity contribution in [1.82, 2.24) is 9.88 Å². The molecule has 0 atom stereocenters. The molecule has 3 aromatic rings. The van der Waals surface area contributed by atoms with Crippen molar-refractivity contribution < 1.29 is 9.90 Å². The Balaban J connectivity index is 1.28. The summed E-state index contributed by atoms with van der Waals surface area (Å²) >= 11 is 0. The minimum Gasteiger partial charge on any atom is -0.392 e. The van der Waals surface area contributed by atoms with E-state index >= 15 is 0 Å². The third kappa shape index (κ3) is 4.78. The van der Waals surface area contributed by atoms with E-state index in [-0.39, 0.29) is 12.5 Å². The van der Waals surface area contributed by atoms with Gasteiger partial charge < -0.3 is 15.7 Å². The van der Waals surface area contributed by atoms with E-state index in [0.717, 1.165) is 59.3 Å². The first-order valence-corrected chi connectivity index (χ1v) is 10.5. The molecule has 1 aliphatic rings. The number of anilines is 2. The molecule has 0 bridgehead atoms. The zero-order chi connectivity index (χ0) is 20.9. The van der Waals surface area contributed by atoms with Gasteiger partial charge >= 0.3 is 0 Å². The molecule has 1 fully saturated rings. The maximum absolute atomic E-state index is 12.5. The number of amides is 1. The average molecular weight is 405 g/mol. The van der Waals surface area contributed by atoms with Crippen LogP contribution in [0.4, 0.5) is 11.4 Å². The second kappa shape index (κ2) is 9.24. The maximum atomic E-state index is 12.5. The Labute approximate surface area is 176 Å². The largest absolute Gasteiger partial charge is 0.392 e. The number of likely N-dealkylation sites (tertiary alicyclic amines) is 1. The Kier molecular flexibility index (Phi) is 6.26. The van der Waals surface area contributed by atoms with E-state index in [1.165, 1.54) is 0 Å². The van der Waals surface area contributed by atoms with Gasteiger partial charge in [-0.15, -0.1) is 0 Å². The SMILES string of the molecule is Cc1cccc(CO)c1NC1CCN(CC(=O)Nc2ccc3ncccc3c2)CC1. The van der Waals surface area contributed by atoms with Gasteiger partial charge in [-0.25, -0.2) is 0 Å². The smallest absolute Gasteiger partial charge is 0.238 e. The number of hydrogen-bond acceptors (Lipinski definition) is 5. The Morgan fingerprint density at radius 1 is 1.17 bits per heavy atom. The monoisotopic (exact) mass is 404 g/mol. The lowest BCUT2D eigenvalue weighted by atomic mass is 10.0. The van der Waals surface area contributed by atoms with Crippen LogP contribution >= 0.6 is 0 Å². The van der Waals surface area contributed by atoms with Gasteiger partial charge in [0.2, 0.25) is 5.91 Å². The summed E-state index contributed by atoms with van der Waals surface area (Å²) in [5.74, 6) is 0.00567. The first-order chi connectivity index (χ1) is 14.6. The molecule has 3 N–H and O–H groups in total. The van der Waals surface area contributed by atoms with E-state index in [1.807, 2.05) is 42.5 Å². The summed E-state index contributed by atoms with van der Waals surface area (Å²) in [6.45, 7) is 4.22. The fourth-order valence-corrected chi connectivity index (χ4v) is 4.06. The third-order valence-corrected chi connectivity index (χ3v) is 5.72. The lowest BCUT2D eigenvalue weighted by Crippen LogP contribution is -2.42. The molecular formula is C24H28N4O2. The van der Waals surface area contributed by atoms with Gasteiger partial charge in [-0.1, -0.05) is 24.3 Å². The van der Waals surface area contributed by atoms with Crippen LogP contribution in [-0.4, -0.2) is 46.6 Å².